The zero-order chi connectivity index (χ0) is 12.3. The third kappa shape index (κ3) is 3.65. The van der Waals surface area contributed by atoms with Crippen LogP contribution in [0.5, 0.6) is 5.75 Å². The molecule has 16 heavy (non-hydrogen) atoms. The van der Waals surface area contributed by atoms with Gasteiger partial charge in [-0.1, -0.05) is 12.1 Å². The zero-order valence-electron chi connectivity index (χ0n) is 7.84. The summed E-state index contributed by atoms with van der Waals surface area (Å²) in [7, 11) is 0. The van der Waals surface area contributed by atoms with Gasteiger partial charge >= 0.3 is 6.36 Å². The number of halogens is 5. The summed E-state index contributed by atoms with van der Waals surface area (Å²) >= 11 is 0. The minimum Gasteiger partial charge on any atom is -0.406 e. The van der Waals surface area contributed by atoms with Crippen molar-refractivity contribution in [1.82, 2.24) is 0 Å². The smallest absolute Gasteiger partial charge is 0.406 e. The predicted molar refractivity (Wildman–Crippen MR) is 46.1 cm³/mol. The molecule has 0 aromatic heterocycles. The largest absolute Gasteiger partial charge is 0.573 e. The van der Waals surface area contributed by atoms with Gasteiger partial charge in [0.1, 0.15) is 5.75 Å². The van der Waals surface area contributed by atoms with E-state index in [4.69, 9.17) is 5.73 Å². The molecule has 0 amide bonds. The van der Waals surface area contributed by atoms with E-state index in [0.29, 0.717) is 0 Å². The number of benzene rings is 1. The minimum atomic E-state index is -4.80. The second-order valence-corrected chi connectivity index (χ2v) is 2.98. The van der Waals surface area contributed by atoms with Crippen LogP contribution >= 0.6 is 0 Å². The van der Waals surface area contributed by atoms with Crippen molar-refractivity contribution in [1.29, 1.82) is 0 Å². The third-order valence-electron chi connectivity index (χ3n) is 1.77. The summed E-state index contributed by atoms with van der Waals surface area (Å²) in [5.41, 5.74) is 5.15. The molecule has 7 heteroatoms. The van der Waals surface area contributed by atoms with Gasteiger partial charge in [-0.2, -0.15) is 0 Å². The van der Waals surface area contributed by atoms with Crippen LogP contribution in [-0.4, -0.2) is 12.8 Å². The lowest BCUT2D eigenvalue weighted by Gasteiger charge is -2.12. The van der Waals surface area contributed by atoms with Crippen LogP contribution in [-0.2, 0) is 0 Å². The lowest BCUT2D eigenvalue weighted by molar-refractivity contribution is -0.274. The molecular weight excluding hydrogens is 233 g/mol. The van der Waals surface area contributed by atoms with Crippen molar-refractivity contribution in [3.63, 3.8) is 0 Å². The highest BCUT2D eigenvalue weighted by molar-refractivity contribution is 5.29. The van der Waals surface area contributed by atoms with Crippen LogP contribution in [0.1, 0.15) is 11.6 Å². The maximum atomic E-state index is 12.1. The first kappa shape index (κ1) is 12.7. The summed E-state index contributed by atoms with van der Waals surface area (Å²) in [5.74, 6) is -0.474. The van der Waals surface area contributed by atoms with E-state index in [-0.39, 0.29) is 5.56 Å². The Hall–Kier alpha value is -1.37. The number of hydrogen-bond acceptors (Lipinski definition) is 2. The highest BCUT2D eigenvalue weighted by atomic mass is 19.4. The van der Waals surface area contributed by atoms with Gasteiger partial charge < -0.3 is 10.5 Å². The molecule has 90 valence electrons. The molecule has 0 heterocycles. The molecule has 0 saturated carbocycles. The SMILES string of the molecule is N[C@H](c1ccc(OC(F)(F)F)cc1)C(F)F. The van der Waals surface area contributed by atoms with Gasteiger partial charge in [-0.3, -0.25) is 0 Å². The van der Waals surface area contributed by atoms with E-state index in [1.165, 1.54) is 0 Å². The van der Waals surface area contributed by atoms with Gasteiger partial charge in [0.25, 0.3) is 6.43 Å². The second kappa shape index (κ2) is 4.65. The minimum absolute atomic E-state index is 0.0459. The van der Waals surface area contributed by atoms with E-state index in [9.17, 15) is 22.0 Å². The van der Waals surface area contributed by atoms with Crippen molar-refractivity contribution in [2.45, 2.75) is 18.8 Å². The third-order valence-corrected chi connectivity index (χ3v) is 1.77. The van der Waals surface area contributed by atoms with E-state index in [2.05, 4.69) is 4.74 Å². The Labute approximate surface area is 87.8 Å². The van der Waals surface area contributed by atoms with Crippen molar-refractivity contribution in [2.75, 3.05) is 0 Å². The Balaban J connectivity index is 2.76. The fourth-order valence-electron chi connectivity index (χ4n) is 1.04. The average Bonchev–Trinajstić information content (AvgIpc) is 2.15. The van der Waals surface area contributed by atoms with E-state index >= 15 is 0 Å². The normalized spacial score (nSPS) is 13.9. The molecule has 0 aliphatic carbocycles. The van der Waals surface area contributed by atoms with Crippen molar-refractivity contribution in [3.8, 4) is 5.75 Å². The molecule has 0 radical (unpaired) electrons. The molecule has 0 fully saturated rings. The van der Waals surface area contributed by atoms with Gasteiger partial charge in [0.05, 0.1) is 6.04 Å². The van der Waals surface area contributed by atoms with Gasteiger partial charge in [-0.15, -0.1) is 13.2 Å². The van der Waals surface area contributed by atoms with Crippen molar-refractivity contribution in [2.24, 2.45) is 5.73 Å². The molecule has 2 nitrogen and oxygen atoms in total. The summed E-state index contributed by atoms with van der Waals surface area (Å²) in [6.07, 6.45) is -7.57. The molecule has 0 unspecified atom stereocenters. The van der Waals surface area contributed by atoms with Crippen LogP contribution in [0, 0.1) is 0 Å². The summed E-state index contributed by atoms with van der Waals surface area (Å²) in [6, 6.07) is 2.49. The molecule has 0 aliphatic rings. The fraction of sp³-hybridized carbons (Fsp3) is 0.333. The van der Waals surface area contributed by atoms with Gasteiger partial charge in [0.15, 0.2) is 0 Å². The van der Waals surface area contributed by atoms with Crippen LogP contribution in [0.15, 0.2) is 24.3 Å². The van der Waals surface area contributed by atoms with Gasteiger partial charge in [0, 0.05) is 0 Å². The Morgan fingerprint density at radius 2 is 1.56 bits per heavy atom. The maximum Gasteiger partial charge on any atom is 0.573 e. The van der Waals surface area contributed by atoms with Crippen LogP contribution in [0.2, 0.25) is 0 Å². The van der Waals surface area contributed by atoms with Crippen molar-refractivity contribution < 1.29 is 26.7 Å². The number of ether oxygens (including phenoxy) is 1. The topological polar surface area (TPSA) is 35.2 Å². The van der Waals surface area contributed by atoms with E-state index < -0.39 is 24.6 Å². The van der Waals surface area contributed by atoms with Gasteiger partial charge in [0.2, 0.25) is 0 Å². The number of rotatable bonds is 3. The lowest BCUT2D eigenvalue weighted by atomic mass is 10.1. The Morgan fingerprint density at radius 1 is 1.06 bits per heavy atom. The van der Waals surface area contributed by atoms with Crippen molar-refractivity contribution in [3.05, 3.63) is 29.8 Å². The van der Waals surface area contributed by atoms with Crippen LogP contribution < -0.4 is 10.5 Å². The molecule has 2 N–H and O–H groups in total. The first-order valence-electron chi connectivity index (χ1n) is 4.19. The van der Waals surface area contributed by atoms with E-state index in [1.54, 1.807) is 0 Å². The molecule has 1 atom stereocenters. The quantitative estimate of drug-likeness (QED) is 0.826. The first-order valence-corrected chi connectivity index (χ1v) is 4.19. The predicted octanol–water partition coefficient (Wildman–Crippen LogP) is 2.85. The zero-order valence-corrected chi connectivity index (χ0v) is 7.84. The molecule has 0 aliphatic heterocycles. The monoisotopic (exact) mass is 241 g/mol. The highest BCUT2D eigenvalue weighted by Gasteiger charge is 2.31. The Kier molecular flexibility index (Phi) is 3.69. The molecular formula is C9H8F5NO. The van der Waals surface area contributed by atoms with Crippen LogP contribution in [0.3, 0.4) is 0 Å². The second-order valence-electron chi connectivity index (χ2n) is 2.98. The number of nitrogens with two attached hydrogens (primary N) is 1. The highest BCUT2D eigenvalue weighted by Crippen LogP contribution is 2.25. The van der Waals surface area contributed by atoms with E-state index in [0.717, 1.165) is 24.3 Å². The van der Waals surface area contributed by atoms with Gasteiger partial charge in [-0.05, 0) is 17.7 Å². The summed E-state index contributed by atoms with van der Waals surface area (Å²) in [5, 5.41) is 0. The Morgan fingerprint density at radius 3 is 1.94 bits per heavy atom. The van der Waals surface area contributed by atoms with E-state index in [1.807, 2.05) is 0 Å². The Bertz CT molecular complexity index is 335. The van der Waals surface area contributed by atoms with Crippen LogP contribution in [0.25, 0.3) is 0 Å². The molecule has 0 spiro atoms. The summed E-state index contributed by atoms with van der Waals surface area (Å²) < 4.78 is 63.2. The first-order chi connectivity index (χ1) is 7.29. The standard InChI is InChI=1S/C9H8F5NO/c10-8(11)7(15)5-1-3-6(4-2-5)16-9(12,13)14/h1-4,7-8H,15H2/t7-/m1/s1. The summed E-state index contributed by atoms with van der Waals surface area (Å²) in [4.78, 5) is 0. The van der Waals surface area contributed by atoms with Crippen molar-refractivity contribution >= 4 is 0 Å². The number of hydrogen-bond donors (Lipinski definition) is 1. The molecule has 1 aromatic rings. The number of alkyl halides is 5. The fourth-order valence-corrected chi connectivity index (χ4v) is 1.04. The molecule has 1 aromatic carbocycles. The van der Waals surface area contributed by atoms with Crippen LogP contribution in [0.4, 0.5) is 22.0 Å². The average molecular weight is 241 g/mol. The van der Waals surface area contributed by atoms with Gasteiger partial charge in [-0.25, -0.2) is 8.78 Å². The summed E-state index contributed by atoms with van der Waals surface area (Å²) in [6.45, 7) is 0. The molecule has 0 saturated heterocycles. The molecule has 1 rings (SSSR count). The lowest BCUT2D eigenvalue weighted by Crippen LogP contribution is -2.19. The molecule has 0 bridgehead atoms. The maximum absolute atomic E-state index is 12.1.